The fraction of sp³-hybridized carbons (Fsp3) is 0.571. The Bertz CT molecular complexity index is 920. The molecule has 0 radical (unpaired) electrons. The Morgan fingerprint density at radius 2 is 1.86 bits per heavy atom. The molecule has 192 valence electrons. The van der Waals surface area contributed by atoms with E-state index in [4.69, 9.17) is 14.6 Å². The summed E-state index contributed by atoms with van der Waals surface area (Å²) < 4.78 is 12.0. The Morgan fingerprint density at radius 3 is 2.54 bits per heavy atom. The smallest absolute Gasteiger partial charge is 0.350 e. The number of hydrogen-bond acceptors (Lipinski definition) is 6. The molecule has 0 aliphatic heterocycles. The van der Waals surface area contributed by atoms with Crippen LogP contribution in [0.25, 0.3) is 0 Å². The monoisotopic (exact) mass is 486 g/mol. The van der Waals surface area contributed by atoms with Crippen LogP contribution >= 0.6 is 0 Å². The van der Waals surface area contributed by atoms with E-state index in [0.717, 1.165) is 18.4 Å². The number of hydrogen-bond donors (Lipinski definition) is 3. The molecule has 7 nitrogen and oxygen atoms in total. The van der Waals surface area contributed by atoms with Crippen LogP contribution in [-0.4, -0.2) is 51.2 Å². The molecule has 6 atom stereocenters. The van der Waals surface area contributed by atoms with E-state index in [1.807, 2.05) is 18.2 Å². The summed E-state index contributed by atoms with van der Waals surface area (Å²) in [5.74, 6) is -0.516. The van der Waals surface area contributed by atoms with Crippen LogP contribution in [-0.2, 0) is 14.3 Å². The topological polar surface area (TPSA) is 113 Å². The van der Waals surface area contributed by atoms with Crippen molar-refractivity contribution in [2.24, 2.45) is 17.8 Å². The molecule has 7 heteroatoms. The minimum absolute atomic E-state index is 0.0105. The van der Waals surface area contributed by atoms with Gasteiger partial charge in [-0.25, -0.2) is 4.79 Å². The van der Waals surface area contributed by atoms with E-state index in [1.54, 1.807) is 26.0 Å². The molecule has 0 spiro atoms. The fourth-order valence-corrected chi connectivity index (χ4v) is 5.16. The largest absolute Gasteiger partial charge is 0.481 e. The summed E-state index contributed by atoms with van der Waals surface area (Å²) in [6.45, 7) is 5.54. The molecule has 35 heavy (non-hydrogen) atoms. The van der Waals surface area contributed by atoms with E-state index >= 15 is 0 Å². The third-order valence-corrected chi connectivity index (χ3v) is 7.00. The van der Waals surface area contributed by atoms with Crippen molar-refractivity contribution in [3.63, 3.8) is 0 Å². The Kier molecular flexibility index (Phi) is 9.14. The van der Waals surface area contributed by atoms with Crippen LogP contribution in [0.5, 0.6) is 5.75 Å². The van der Waals surface area contributed by atoms with E-state index in [1.165, 1.54) is 0 Å². The molecule has 0 bridgehead atoms. The lowest BCUT2D eigenvalue weighted by Crippen LogP contribution is -2.46. The SMILES string of the molecule is CC1C=CC2=CCCC(OC(=O)C(C)(C)Oc3ccccc3)C2C1CCC(O)CC(O)CC(=O)O. The van der Waals surface area contributed by atoms with Crippen LogP contribution < -0.4 is 4.74 Å². The van der Waals surface area contributed by atoms with Gasteiger partial charge in [0.05, 0.1) is 18.6 Å². The summed E-state index contributed by atoms with van der Waals surface area (Å²) in [7, 11) is 0. The maximum Gasteiger partial charge on any atom is 0.350 e. The number of carboxylic acids is 1. The Hall–Kier alpha value is -2.64. The third kappa shape index (κ3) is 7.42. The minimum Gasteiger partial charge on any atom is -0.481 e. The van der Waals surface area contributed by atoms with Crippen molar-refractivity contribution in [3.8, 4) is 5.75 Å². The highest BCUT2D eigenvalue weighted by molar-refractivity contribution is 5.79. The molecule has 1 aromatic rings. The molecule has 0 saturated heterocycles. The van der Waals surface area contributed by atoms with Gasteiger partial charge in [-0.15, -0.1) is 0 Å². The number of fused-ring (bicyclic) bond motifs is 1. The molecule has 6 unspecified atom stereocenters. The molecule has 0 amide bonds. The molecule has 3 N–H and O–H groups in total. The predicted molar refractivity (Wildman–Crippen MR) is 132 cm³/mol. The number of carbonyl (C=O) groups is 2. The van der Waals surface area contributed by atoms with Gasteiger partial charge in [0.2, 0.25) is 0 Å². The second-order valence-electron chi connectivity index (χ2n) is 10.3. The number of ether oxygens (including phenoxy) is 2. The van der Waals surface area contributed by atoms with Crippen molar-refractivity contribution >= 4 is 11.9 Å². The Balaban J connectivity index is 1.67. The van der Waals surface area contributed by atoms with Crippen molar-refractivity contribution in [1.82, 2.24) is 0 Å². The van der Waals surface area contributed by atoms with Gasteiger partial charge in [0.25, 0.3) is 0 Å². The fourth-order valence-electron chi connectivity index (χ4n) is 5.16. The number of aliphatic carboxylic acids is 1. The lowest BCUT2D eigenvalue weighted by molar-refractivity contribution is -0.169. The van der Waals surface area contributed by atoms with Gasteiger partial charge in [0, 0.05) is 5.92 Å². The molecular weight excluding hydrogens is 448 g/mol. The zero-order valence-corrected chi connectivity index (χ0v) is 20.8. The first-order valence-electron chi connectivity index (χ1n) is 12.5. The van der Waals surface area contributed by atoms with Gasteiger partial charge in [0.15, 0.2) is 5.60 Å². The van der Waals surface area contributed by atoms with E-state index in [0.29, 0.717) is 18.6 Å². The maximum atomic E-state index is 13.2. The van der Waals surface area contributed by atoms with Crippen molar-refractivity contribution < 1.29 is 34.4 Å². The number of carbonyl (C=O) groups excluding carboxylic acids is 1. The van der Waals surface area contributed by atoms with Crippen molar-refractivity contribution in [2.75, 3.05) is 0 Å². The number of carboxylic acid groups (broad SMARTS) is 1. The average molecular weight is 487 g/mol. The van der Waals surface area contributed by atoms with Crippen LogP contribution in [0.15, 0.2) is 54.1 Å². The number of aliphatic hydroxyl groups excluding tert-OH is 2. The highest BCUT2D eigenvalue weighted by Gasteiger charge is 2.42. The van der Waals surface area contributed by atoms with Gasteiger partial charge < -0.3 is 24.8 Å². The second kappa shape index (κ2) is 11.9. The number of esters is 1. The Labute approximate surface area is 207 Å². The number of aliphatic hydroxyl groups is 2. The summed E-state index contributed by atoms with van der Waals surface area (Å²) >= 11 is 0. The zero-order chi connectivity index (χ0) is 25.6. The van der Waals surface area contributed by atoms with Gasteiger partial charge in [0.1, 0.15) is 11.9 Å². The number of para-hydroxylation sites is 1. The van der Waals surface area contributed by atoms with Crippen LogP contribution in [0.3, 0.4) is 0 Å². The minimum atomic E-state index is -1.15. The first-order valence-corrected chi connectivity index (χ1v) is 12.5. The van der Waals surface area contributed by atoms with Gasteiger partial charge >= 0.3 is 11.9 Å². The molecule has 3 rings (SSSR count). The van der Waals surface area contributed by atoms with Crippen LogP contribution in [0, 0.1) is 17.8 Å². The molecule has 2 aliphatic rings. The maximum absolute atomic E-state index is 13.2. The summed E-state index contributed by atoms with van der Waals surface area (Å²) in [6, 6.07) is 9.20. The molecule has 1 aromatic carbocycles. The van der Waals surface area contributed by atoms with Gasteiger partial charge in [-0.05, 0) is 75.5 Å². The number of rotatable bonds is 11. The van der Waals surface area contributed by atoms with E-state index in [9.17, 15) is 19.8 Å². The summed E-state index contributed by atoms with van der Waals surface area (Å²) in [6.07, 6.45) is 6.60. The molecule has 0 saturated carbocycles. The van der Waals surface area contributed by atoms with Gasteiger partial charge in [-0.3, -0.25) is 4.79 Å². The normalized spacial score (nSPS) is 25.7. The average Bonchev–Trinajstić information content (AvgIpc) is 2.78. The predicted octanol–water partition coefficient (Wildman–Crippen LogP) is 4.28. The lowest BCUT2D eigenvalue weighted by Gasteiger charge is -2.42. The summed E-state index contributed by atoms with van der Waals surface area (Å²) in [5, 5.41) is 29.1. The first kappa shape index (κ1) is 27.0. The Morgan fingerprint density at radius 1 is 1.14 bits per heavy atom. The van der Waals surface area contributed by atoms with Crippen molar-refractivity contribution in [3.05, 3.63) is 54.1 Å². The quantitative estimate of drug-likeness (QED) is 0.400. The van der Waals surface area contributed by atoms with E-state index in [2.05, 4.69) is 25.2 Å². The summed E-state index contributed by atoms with van der Waals surface area (Å²) in [5.41, 5.74) is 0.00412. The molecule has 0 fully saturated rings. The highest BCUT2D eigenvalue weighted by atomic mass is 16.6. The molecule has 0 aromatic heterocycles. The van der Waals surface area contributed by atoms with E-state index in [-0.39, 0.29) is 36.7 Å². The number of benzene rings is 1. The van der Waals surface area contributed by atoms with Crippen molar-refractivity contribution in [2.45, 2.75) is 83.2 Å². The zero-order valence-electron chi connectivity index (χ0n) is 20.8. The second-order valence-corrected chi connectivity index (χ2v) is 10.3. The lowest BCUT2D eigenvalue weighted by atomic mass is 9.66. The van der Waals surface area contributed by atoms with Crippen molar-refractivity contribution in [1.29, 1.82) is 0 Å². The number of allylic oxidation sites excluding steroid dienone is 3. The van der Waals surface area contributed by atoms with Crippen LogP contribution in [0.2, 0.25) is 0 Å². The molecule has 2 aliphatic carbocycles. The van der Waals surface area contributed by atoms with Crippen LogP contribution in [0.4, 0.5) is 0 Å². The standard InChI is InChI=1S/C28H38O7/c1-18-12-13-19-8-7-11-24(34-27(33)28(2,3)35-22-9-5-4-6-10-22)26(19)23(18)15-14-20(29)16-21(30)17-25(31)32/h4-6,8-10,12-13,18,20-21,23-24,26,29-30H,7,11,14-17H2,1-3H3,(H,31,32). The van der Waals surface area contributed by atoms with Gasteiger partial charge in [-0.2, -0.15) is 0 Å². The van der Waals surface area contributed by atoms with E-state index < -0.39 is 29.7 Å². The van der Waals surface area contributed by atoms with Gasteiger partial charge in [-0.1, -0.05) is 43.4 Å². The first-order chi connectivity index (χ1) is 16.6. The molecular formula is C28H38O7. The third-order valence-electron chi connectivity index (χ3n) is 7.00. The summed E-state index contributed by atoms with van der Waals surface area (Å²) in [4.78, 5) is 24.0. The molecule has 0 heterocycles. The highest BCUT2D eigenvalue weighted by Crippen LogP contribution is 2.44. The van der Waals surface area contributed by atoms with Crippen LogP contribution in [0.1, 0.15) is 59.3 Å².